The van der Waals surface area contributed by atoms with E-state index in [0.29, 0.717) is 13.2 Å². The highest BCUT2D eigenvalue weighted by atomic mass is 32.1. The van der Waals surface area contributed by atoms with Crippen molar-refractivity contribution in [3.63, 3.8) is 0 Å². The number of carbonyl (C=O) groups is 2. The van der Waals surface area contributed by atoms with Gasteiger partial charge in [-0.2, -0.15) is 0 Å². The van der Waals surface area contributed by atoms with Crippen molar-refractivity contribution in [1.82, 2.24) is 0 Å². The number of amides is 2. The van der Waals surface area contributed by atoms with Gasteiger partial charge in [-0.15, -0.1) is 11.3 Å². The summed E-state index contributed by atoms with van der Waals surface area (Å²) in [5.41, 5.74) is 10.3. The van der Waals surface area contributed by atoms with Crippen molar-refractivity contribution in [2.75, 3.05) is 13.2 Å². The molecule has 2 heterocycles. The van der Waals surface area contributed by atoms with Crippen molar-refractivity contribution < 1.29 is 19.1 Å². The Kier molecular flexibility index (Phi) is 2.24. The Morgan fingerprint density at radius 2 is 1.40 bits per heavy atom. The lowest BCUT2D eigenvalue weighted by Crippen LogP contribution is -2.19. The van der Waals surface area contributed by atoms with E-state index in [-0.39, 0.29) is 21.3 Å². The number of hydrogen-bond donors (Lipinski definition) is 2. The zero-order valence-corrected chi connectivity index (χ0v) is 8.43. The van der Waals surface area contributed by atoms with E-state index in [1.54, 1.807) is 0 Å². The summed E-state index contributed by atoms with van der Waals surface area (Å²) >= 11 is 0.892. The highest BCUT2D eigenvalue weighted by Crippen LogP contribution is 2.43. The molecule has 0 aromatic carbocycles. The molecule has 0 radical (unpaired) electrons. The average molecular weight is 228 g/mol. The van der Waals surface area contributed by atoms with Crippen LogP contribution in [0.4, 0.5) is 0 Å². The van der Waals surface area contributed by atoms with Gasteiger partial charge in [-0.05, 0) is 0 Å². The van der Waals surface area contributed by atoms with E-state index in [1.807, 2.05) is 0 Å². The number of carbonyl (C=O) groups excluding carboxylic acids is 2. The molecular formula is C8H8N2O4S. The van der Waals surface area contributed by atoms with Gasteiger partial charge in [-0.3, -0.25) is 9.59 Å². The van der Waals surface area contributed by atoms with Crippen LogP contribution in [0.25, 0.3) is 0 Å². The Labute approximate surface area is 88.8 Å². The lowest BCUT2D eigenvalue weighted by Gasteiger charge is -2.15. The molecule has 1 aliphatic rings. The second-order valence-corrected chi connectivity index (χ2v) is 3.86. The third-order valence-corrected chi connectivity index (χ3v) is 3.03. The first-order chi connectivity index (χ1) is 7.11. The van der Waals surface area contributed by atoms with Crippen LogP contribution >= 0.6 is 11.3 Å². The van der Waals surface area contributed by atoms with Gasteiger partial charge in [0.05, 0.1) is 0 Å². The minimum atomic E-state index is -0.658. The molecule has 2 amide bonds. The van der Waals surface area contributed by atoms with Gasteiger partial charge in [0.1, 0.15) is 23.0 Å². The van der Waals surface area contributed by atoms with E-state index in [2.05, 4.69) is 0 Å². The maximum absolute atomic E-state index is 11.1. The van der Waals surface area contributed by atoms with Gasteiger partial charge < -0.3 is 20.9 Å². The van der Waals surface area contributed by atoms with Crippen molar-refractivity contribution in [3.8, 4) is 11.5 Å². The molecule has 0 spiro atoms. The van der Waals surface area contributed by atoms with Gasteiger partial charge in [-0.1, -0.05) is 0 Å². The fourth-order valence-electron chi connectivity index (χ4n) is 1.28. The van der Waals surface area contributed by atoms with E-state index in [1.165, 1.54) is 0 Å². The number of primary amides is 2. The van der Waals surface area contributed by atoms with E-state index in [9.17, 15) is 9.59 Å². The number of ether oxygens (including phenoxy) is 2. The van der Waals surface area contributed by atoms with Crippen LogP contribution in [0.5, 0.6) is 11.5 Å². The first kappa shape index (κ1) is 9.78. The lowest BCUT2D eigenvalue weighted by molar-refractivity contribution is 0.0979. The summed E-state index contributed by atoms with van der Waals surface area (Å²) in [4.78, 5) is 22.4. The summed E-state index contributed by atoms with van der Waals surface area (Å²) in [6, 6.07) is 0. The second-order valence-electron chi connectivity index (χ2n) is 2.84. The van der Waals surface area contributed by atoms with Crippen LogP contribution < -0.4 is 20.9 Å². The molecule has 1 aromatic heterocycles. The molecule has 4 N–H and O–H groups in total. The SMILES string of the molecule is NC(=O)c1sc(C(N)=O)c2c1OCCO2. The summed E-state index contributed by atoms with van der Waals surface area (Å²) < 4.78 is 10.4. The van der Waals surface area contributed by atoms with Crippen LogP contribution in [0.1, 0.15) is 19.3 Å². The van der Waals surface area contributed by atoms with Crippen LogP contribution in [0.3, 0.4) is 0 Å². The number of thiophene rings is 1. The monoisotopic (exact) mass is 228 g/mol. The molecule has 1 aromatic rings. The van der Waals surface area contributed by atoms with Crippen LogP contribution in [0, 0.1) is 0 Å². The quantitative estimate of drug-likeness (QED) is 0.726. The standard InChI is InChI=1S/C8H8N2O4S/c9-7(11)5-3-4(14-2-1-13-3)6(15-5)8(10)12/h1-2H2,(H2,9,11)(H2,10,12). The van der Waals surface area contributed by atoms with Crippen molar-refractivity contribution in [2.45, 2.75) is 0 Å². The minimum absolute atomic E-state index is 0.165. The predicted molar refractivity (Wildman–Crippen MR) is 52.3 cm³/mol. The van der Waals surface area contributed by atoms with E-state index in [0.717, 1.165) is 11.3 Å². The Bertz CT molecular complexity index is 402. The summed E-state index contributed by atoms with van der Waals surface area (Å²) in [5.74, 6) is -0.858. The van der Waals surface area contributed by atoms with E-state index in [4.69, 9.17) is 20.9 Å². The zero-order chi connectivity index (χ0) is 11.0. The fourth-order valence-corrected chi connectivity index (χ4v) is 2.17. The molecule has 0 saturated heterocycles. The molecule has 0 unspecified atom stereocenters. The van der Waals surface area contributed by atoms with Crippen molar-refractivity contribution in [1.29, 1.82) is 0 Å². The maximum Gasteiger partial charge on any atom is 0.262 e. The number of rotatable bonds is 2. The zero-order valence-electron chi connectivity index (χ0n) is 7.61. The lowest BCUT2D eigenvalue weighted by atomic mass is 10.3. The predicted octanol–water partition coefficient (Wildman–Crippen LogP) is -0.283. The Morgan fingerprint density at radius 1 is 1.00 bits per heavy atom. The van der Waals surface area contributed by atoms with Crippen molar-refractivity contribution in [3.05, 3.63) is 9.75 Å². The molecule has 15 heavy (non-hydrogen) atoms. The molecule has 0 fully saturated rings. The molecule has 6 nitrogen and oxygen atoms in total. The number of hydrogen-bond acceptors (Lipinski definition) is 5. The van der Waals surface area contributed by atoms with Crippen molar-refractivity contribution in [2.24, 2.45) is 11.5 Å². The summed E-state index contributed by atoms with van der Waals surface area (Å²) in [7, 11) is 0. The Morgan fingerprint density at radius 3 is 1.73 bits per heavy atom. The smallest absolute Gasteiger partial charge is 0.262 e. The number of fused-ring (bicyclic) bond motifs is 1. The van der Waals surface area contributed by atoms with Crippen LogP contribution in [-0.2, 0) is 0 Å². The highest BCUT2D eigenvalue weighted by molar-refractivity contribution is 7.16. The van der Waals surface area contributed by atoms with Crippen LogP contribution in [-0.4, -0.2) is 25.0 Å². The topological polar surface area (TPSA) is 105 Å². The molecule has 0 atom stereocenters. The summed E-state index contributed by atoms with van der Waals surface area (Å²) in [6.07, 6.45) is 0. The molecule has 0 aliphatic carbocycles. The molecular weight excluding hydrogens is 220 g/mol. The third-order valence-electron chi connectivity index (χ3n) is 1.85. The van der Waals surface area contributed by atoms with E-state index >= 15 is 0 Å². The Balaban J connectivity index is 2.59. The van der Waals surface area contributed by atoms with Crippen molar-refractivity contribution >= 4 is 23.2 Å². The molecule has 7 heteroatoms. The molecule has 0 bridgehead atoms. The highest BCUT2D eigenvalue weighted by Gasteiger charge is 2.29. The van der Waals surface area contributed by atoms with Gasteiger partial charge >= 0.3 is 0 Å². The van der Waals surface area contributed by atoms with Gasteiger partial charge in [0.2, 0.25) is 0 Å². The summed E-state index contributed by atoms with van der Waals surface area (Å²) in [6.45, 7) is 0.643. The van der Waals surface area contributed by atoms with Gasteiger partial charge in [0.15, 0.2) is 11.5 Å². The largest absolute Gasteiger partial charge is 0.484 e. The van der Waals surface area contributed by atoms with Crippen LogP contribution in [0.15, 0.2) is 0 Å². The second kappa shape index (κ2) is 3.43. The average Bonchev–Trinajstić information content (AvgIpc) is 2.56. The molecule has 2 rings (SSSR count). The van der Waals surface area contributed by atoms with Crippen LogP contribution in [0.2, 0.25) is 0 Å². The minimum Gasteiger partial charge on any atom is -0.484 e. The third kappa shape index (κ3) is 1.50. The first-order valence-electron chi connectivity index (χ1n) is 4.13. The maximum atomic E-state index is 11.1. The normalized spacial score (nSPS) is 13.6. The number of nitrogens with two attached hydrogens (primary N) is 2. The van der Waals surface area contributed by atoms with Gasteiger partial charge in [-0.25, -0.2) is 0 Å². The van der Waals surface area contributed by atoms with E-state index < -0.39 is 11.8 Å². The molecule has 1 aliphatic heterocycles. The summed E-state index contributed by atoms with van der Waals surface area (Å²) in [5, 5.41) is 0. The fraction of sp³-hybridized carbons (Fsp3) is 0.250. The Hall–Kier alpha value is -1.76. The first-order valence-corrected chi connectivity index (χ1v) is 4.95. The van der Waals surface area contributed by atoms with Gasteiger partial charge in [0, 0.05) is 0 Å². The van der Waals surface area contributed by atoms with Gasteiger partial charge in [0.25, 0.3) is 11.8 Å². The molecule has 0 saturated carbocycles. The molecule has 80 valence electrons.